The second kappa shape index (κ2) is 6.20. The largest absolute Gasteiger partial charge is 0.328 e. The fourth-order valence-corrected chi connectivity index (χ4v) is 2.40. The van der Waals surface area contributed by atoms with Crippen molar-refractivity contribution in [1.29, 1.82) is 0 Å². The molecule has 5 heteroatoms. The minimum Gasteiger partial charge on any atom is -0.328 e. The summed E-state index contributed by atoms with van der Waals surface area (Å²) in [5, 5.41) is 3.12. The first kappa shape index (κ1) is 14.8. The summed E-state index contributed by atoms with van der Waals surface area (Å²) in [6.07, 6.45) is 4.03. The van der Waals surface area contributed by atoms with Crippen molar-refractivity contribution in [2.45, 2.75) is 52.6 Å². The van der Waals surface area contributed by atoms with Crippen LogP contribution in [0.4, 0.5) is 4.79 Å². The molecule has 0 aromatic carbocycles. The van der Waals surface area contributed by atoms with Gasteiger partial charge in [-0.15, -0.1) is 0 Å². The van der Waals surface area contributed by atoms with Crippen molar-refractivity contribution in [1.82, 2.24) is 20.2 Å². The van der Waals surface area contributed by atoms with Crippen LogP contribution >= 0.6 is 0 Å². The van der Waals surface area contributed by atoms with Crippen molar-refractivity contribution in [3.63, 3.8) is 0 Å². The number of aryl methyl sites for hydroxylation is 1. The van der Waals surface area contributed by atoms with Crippen LogP contribution in [0.2, 0.25) is 0 Å². The average Bonchev–Trinajstić information content (AvgIpc) is 3.20. The number of aromatic nitrogens is 2. The maximum atomic E-state index is 12.4. The summed E-state index contributed by atoms with van der Waals surface area (Å²) < 4.78 is 0. The van der Waals surface area contributed by atoms with Crippen LogP contribution in [0.1, 0.15) is 51.2 Å². The second-order valence-corrected chi connectivity index (χ2v) is 5.70. The topological polar surface area (TPSA) is 58.1 Å². The van der Waals surface area contributed by atoms with Gasteiger partial charge >= 0.3 is 6.03 Å². The average molecular weight is 276 g/mol. The summed E-state index contributed by atoms with van der Waals surface area (Å²) in [6.45, 7) is 8.70. The van der Waals surface area contributed by atoms with E-state index in [1.807, 2.05) is 38.7 Å². The van der Waals surface area contributed by atoms with Crippen molar-refractivity contribution in [2.24, 2.45) is 5.92 Å². The van der Waals surface area contributed by atoms with Crippen molar-refractivity contribution >= 4 is 6.03 Å². The van der Waals surface area contributed by atoms with Gasteiger partial charge in [0.15, 0.2) is 5.82 Å². The highest BCUT2D eigenvalue weighted by atomic mass is 16.2. The van der Waals surface area contributed by atoms with Crippen LogP contribution in [0.5, 0.6) is 0 Å². The van der Waals surface area contributed by atoms with Crippen LogP contribution in [0, 0.1) is 12.8 Å². The number of urea groups is 1. The number of nitrogens with zero attached hydrogens (tertiary/aromatic N) is 3. The number of carbonyl (C=O) groups is 1. The first-order chi connectivity index (χ1) is 9.52. The van der Waals surface area contributed by atoms with Crippen molar-refractivity contribution in [2.75, 3.05) is 6.54 Å². The third-order valence-corrected chi connectivity index (χ3v) is 3.69. The van der Waals surface area contributed by atoms with Gasteiger partial charge in [-0.05, 0) is 52.5 Å². The van der Waals surface area contributed by atoms with Gasteiger partial charge in [0, 0.05) is 24.5 Å². The molecular formula is C15H24N4O. The maximum absolute atomic E-state index is 12.4. The summed E-state index contributed by atoms with van der Waals surface area (Å²) in [5.41, 5.74) is 0.936. The maximum Gasteiger partial charge on any atom is 0.318 e. The lowest BCUT2D eigenvalue weighted by Gasteiger charge is -2.28. The number of rotatable bonds is 5. The summed E-state index contributed by atoms with van der Waals surface area (Å²) in [5.74, 6) is 1.22. The molecule has 1 aromatic rings. The van der Waals surface area contributed by atoms with E-state index in [0.717, 1.165) is 24.4 Å². The molecule has 0 radical (unpaired) electrons. The Balaban J connectivity index is 2.12. The lowest BCUT2D eigenvalue weighted by molar-refractivity contribution is 0.180. The van der Waals surface area contributed by atoms with E-state index in [1.54, 1.807) is 6.20 Å². The normalized spacial score (nSPS) is 16.1. The predicted molar refractivity (Wildman–Crippen MR) is 78.3 cm³/mol. The third-order valence-electron chi connectivity index (χ3n) is 3.69. The molecule has 1 atom stereocenters. The van der Waals surface area contributed by atoms with E-state index in [1.165, 1.54) is 0 Å². The van der Waals surface area contributed by atoms with E-state index in [4.69, 9.17) is 0 Å². The molecule has 1 N–H and O–H groups in total. The zero-order valence-corrected chi connectivity index (χ0v) is 12.8. The number of hydrogen-bond donors (Lipinski definition) is 1. The van der Waals surface area contributed by atoms with Crippen molar-refractivity contribution in [3.05, 3.63) is 23.8 Å². The second-order valence-electron chi connectivity index (χ2n) is 5.70. The molecule has 1 heterocycles. The minimum absolute atomic E-state index is 0.0236. The molecule has 1 saturated carbocycles. The minimum atomic E-state index is -0.0600. The molecule has 1 aliphatic carbocycles. The molecule has 2 amide bonds. The highest BCUT2D eigenvalue weighted by molar-refractivity contribution is 5.75. The first-order valence-corrected chi connectivity index (χ1v) is 7.39. The van der Waals surface area contributed by atoms with E-state index < -0.39 is 0 Å². The number of amides is 2. The summed E-state index contributed by atoms with van der Waals surface area (Å²) >= 11 is 0. The number of nitrogens with one attached hydrogen (secondary N) is 1. The van der Waals surface area contributed by atoms with Gasteiger partial charge in [-0.3, -0.25) is 0 Å². The Bertz CT molecular complexity index is 471. The van der Waals surface area contributed by atoms with E-state index in [2.05, 4.69) is 15.3 Å². The molecule has 0 spiro atoms. The van der Waals surface area contributed by atoms with Gasteiger partial charge < -0.3 is 10.2 Å². The van der Waals surface area contributed by atoms with Crippen LogP contribution in [0.15, 0.2) is 12.3 Å². The third kappa shape index (κ3) is 3.46. The zero-order chi connectivity index (χ0) is 14.7. The highest BCUT2D eigenvalue weighted by Gasteiger charge is 2.36. The smallest absolute Gasteiger partial charge is 0.318 e. The van der Waals surface area contributed by atoms with Gasteiger partial charge in [0.25, 0.3) is 0 Å². The van der Waals surface area contributed by atoms with E-state index >= 15 is 0 Å². The Morgan fingerprint density at radius 2 is 2.20 bits per heavy atom. The highest BCUT2D eigenvalue weighted by Crippen LogP contribution is 2.40. The van der Waals surface area contributed by atoms with Gasteiger partial charge in [0.05, 0.1) is 6.04 Å². The van der Waals surface area contributed by atoms with Gasteiger partial charge in [0.1, 0.15) is 0 Å². The number of hydrogen-bond acceptors (Lipinski definition) is 3. The zero-order valence-electron chi connectivity index (χ0n) is 12.8. The van der Waals surface area contributed by atoms with Crippen molar-refractivity contribution < 1.29 is 4.79 Å². The van der Waals surface area contributed by atoms with Crippen LogP contribution in [-0.2, 0) is 0 Å². The van der Waals surface area contributed by atoms with E-state index in [0.29, 0.717) is 12.5 Å². The molecule has 5 nitrogen and oxygen atoms in total. The standard InChI is InChI=1S/C15H24N4O/c1-5-19(10(2)3)15(20)18-13(12-6-7-12)14-16-9-8-11(4)17-14/h8-10,12-13H,5-7H2,1-4H3,(H,18,20)/t13-/m1/s1. The van der Waals surface area contributed by atoms with Crippen LogP contribution in [-0.4, -0.2) is 33.5 Å². The molecule has 1 aromatic heterocycles. The molecule has 110 valence electrons. The van der Waals surface area contributed by atoms with E-state index in [9.17, 15) is 4.79 Å². The fourth-order valence-electron chi connectivity index (χ4n) is 2.40. The SMILES string of the molecule is CCN(C(=O)N[C@@H](c1nccc(C)n1)C1CC1)C(C)C. The molecule has 1 fully saturated rings. The summed E-state index contributed by atoms with van der Waals surface area (Å²) in [7, 11) is 0. The number of carbonyl (C=O) groups excluding carboxylic acids is 1. The van der Waals surface area contributed by atoms with Gasteiger partial charge in [0.2, 0.25) is 0 Å². The van der Waals surface area contributed by atoms with Crippen LogP contribution < -0.4 is 5.32 Å². The molecule has 0 unspecified atom stereocenters. The summed E-state index contributed by atoms with van der Waals surface area (Å²) in [6, 6.07) is 1.99. The van der Waals surface area contributed by atoms with Gasteiger partial charge in [-0.1, -0.05) is 0 Å². The van der Waals surface area contributed by atoms with Gasteiger partial charge in [-0.2, -0.15) is 0 Å². The lowest BCUT2D eigenvalue weighted by atomic mass is 10.1. The van der Waals surface area contributed by atoms with Crippen LogP contribution in [0.25, 0.3) is 0 Å². The Morgan fingerprint density at radius 3 is 2.70 bits per heavy atom. The van der Waals surface area contributed by atoms with Crippen molar-refractivity contribution in [3.8, 4) is 0 Å². The van der Waals surface area contributed by atoms with Gasteiger partial charge in [-0.25, -0.2) is 14.8 Å². The van der Waals surface area contributed by atoms with Crippen LogP contribution in [0.3, 0.4) is 0 Å². The summed E-state index contributed by atoms with van der Waals surface area (Å²) in [4.78, 5) is 23.0. The quantitative estimate of drug-likeness (QED) is 0.899. The fraction of sp³-hybridized carbons (Fsp3) is 0.667. The molecule has 1 aliphatic rings. The predicted octanol–water partition coefficient (Wildman–Crippen LogP) is 2.68. The molecule has 0 saturated heterocycles. The Labute approximate surface area is 120 Å². The molecular weight excluding hydrogens is 252 g/mol. The Hall–Kier alpha value is -1.65. The molecule has 0 bridgehead atoms. The lowest BCUT2D eigenvalue weighted by Crippen LogP contribution is -2.45. The Kier molecular flexibility index (Phi) is 4.57. The van der Waals surface area contributed by atoms with E-state index in [-0.39, 0.29) is 18.1 Å². The first-order valence-electron chi connectivity index (χ1n) is 7.39. The molecule has 0 aliphatic heterocycles. The Morgan fingerprint density at radius 1 is 1.50 bits per heavy atom. The molecule has 2 rings (SSSR count). The monoisotopic (exact) mass is 276 g/mol. The molecule has 20 heavy (non-hydrogen) atoms.